The summed E-state index contributed by atoms with van der Waals surface area (Å²) in [5.41, 5.74) is 0. The molecule has 0 aromatic rings. The predicted octanol–water partition coefficient (Wildman–Crippen LogP) is 0.532. The summed E-state index contributed by atoms with van der Waals surface area (Å²) in [7, 11) is -2.46. The predicted molar refractivity (Wildman–Crippen MR) is 50.8 cm³/mol. The third-order valence-corrected chi connectivity index (χ3v) is 4.39. The van der Waals surface area contributed by atoms with Crippen molar-refractivity contribution in [2.45, 2.75) is 24.8 Å². The van der Waals surface area contributed by atoms with Gasteiger partial charge in [-0.3, -0.25) is 4.79 Å². The number of carbonyl (C=O) groups is 1. The molecule has 9 heteroatoms. The van der Waals surface area contributed by atoms with Gasteiger partial charge in [-0.25, -0.2) is 17.2 Å². The van der Waals surface area contributed by atoms with Gasteiger partial charge in [-0.15, -0.1) is 0 Å². The first-order valence-corrected chi connectivity index (χ1v) is 6.53. The van der Waals surface area contributed by atoms with Crippen molar-refractivity contribution in [2.24, 2.45) is 0 Å². The topological polar surface area (TPSA) is 54.5 Å². The Labute approximate surface area is 95.5 Å². The fourth-order valence-corrected chi connectivity index (χ4v) is 3.35. The van der Waals surface area contributed by atoms with Gasteiger partial charge in [0.2, 0.25) is 0 Å². The van der Waals surface area contributed by atoms with Crippen LogP contribution in [0.1, 0.15) is 6.42 Å². The number of sulfone groups is 1. The number of rotatable bonds is 3. The van der Waals surface area contributed by atoms with Crippen molar-refractivity contribution in [1.29, 1.82) is 0 Å². The van der Waals surface area contributed by atoms with Gasteiger partial charge in [0.15, 0.2) is 9.84 Å². The zero-order chi connectivity index (χ0) is 13.4. The van der Waals surface area contributed by atoms with E-state index in [-0.39, 0.29) is 12.2 Å². The Hall–Kier alpha value is -0.860. The number of alkyl halides is 4. The van der Waals surface area contributed by atoms with Crippen molar-refractivity contribution in [3.8, 4) is 0 Å². The second kappa shape index (κ2) is 4.43. The maximum absolute atomic E-state index is 12.7. The molecule has 1 atom stereocenters. The maximum atomic E-state index is 12.7. The standard InChI is InChI=1S/C8H11F4NO3S/c1-13(5-2-3-17(15,16)4-5)7(14)8(11,12)6(9)10/h5-6H,2-4H2,1H3. The summed E-state index contributed by atoms with van der Waals surface area (Å²) in [5.74, 6) is -7.51. The molecule has 0 bridgehead atoms. The van der Waals surface area contributed by atoms with Crippen molar-refractivity contribution >= 4 is 15.7 Å². The molecule has 4 nitrogen and oxygen atoms in total. The summed E-state index contributed by atoms with van der Waals surface area (Å²) in [6.45, 7) is 0. The Morgan fingerprint density at radius 3 is 2.29 bits per heavy atom. The lowest BCUT2D eigenvalue weighted by Crippen LogP contribution is -2.50. The number of amides is 1. The number of hydrogen-bond acceptors (Lipinski definition) is 3. The average molecular weight is 277 g/mol. The highest BCUT2D eigenvalue weighted by Gasteiger charge is 2.52. The lowest BCUT2D eigenvalue weighted by Gasteiger charge is -2.27. The molecule has 100 valence electrons. The molecule has 0 aromatic heterocycles. The van der Waals surface area contributed by atoms with Crippen LogP contribution in [-0.2, 0) is 14.6 Å². The van der Waals surface area contributed by atoms with Crippen molar-refractivity contribution in [3.63, 3.8) is 0 Å². The molecule has 1 aliphatic rings. The molecule has 0 aromatic carbocycles. The smallest absolute Gasteiger partial charge is 0.336 e. The van der Waals surface area contributed by atoms with Crippen LogP contribution in [0.15, 0.2) is 0 Å². The zero-order valence-electron chi connectivity index (χ0n) is 8.87. The van der Waals surface area contributed by atoms with Crippen molar-refractivity contribution in [3.05, 3.63) is 0 Å². The summed E-state index contributed by atoms with van der Waals surface area (Å²) >= 11 is 0. The molecule has 1 heterocycles. The van der Waals surface area contributed by atoms with Crippen LogP contribution in [0.25, 0.3) is 0 Å². The minimum Gasteiger partial charge on any atom is -0.336 e. The molecule has 1 saturated heterocycles. The molecule has 1 rings (SSSR count). The van der Waals surface area contributed by atoms with Gasteiger partial charge in [-0.05, 0) is 6.42 Å². The van der Waals surface area contributed by atoms with Gasteiger partial charge in [-0.1, -0.05) is 0 Å². The van der Waals surface area contributed by atoms with Crippen LogP contribution in [0.5, 0.6) is 0 Å². The first-order chi connectivity index (χ1) is 7.58. The molecule has 1 fully saturated rings. The highest BCUT2D eigenvalue weighted by Crippen LogP contribution is 2.27. The van der Waals surface area contributed by atoms with Gasteiger partial charge in [0, 0.05) is 13.1 Å². The molecular formula is C8H11F4NO3S. The van der Waals surface area contributed by atoms with Crippen LogP contribution >= 0.6 is 0 Å². The third-order valence-electron chi connectivity index (χ3n) is 2.64. The molecule has 17 heavy (non-hydrogen) atoms. The Morgan fingerprint density at radius 1 is 1.41 bits per heavy atom. The number of halogens is 4. The third kappa shape index (κ3) is 2.88. The number of carbonyl (C=O) groups excluding carboxylic acids is 1. The van der Waals surface area contributed by atoms with Gasteiger partial charge in [0.1, 0.15) is 0 Å². The maximum Gasteiger partial charge on any atom is 0.383 e. The lowest BCUT2D eigenvalue weighted by atomic mass is 10.2. The fraction of sp³-hybridized carbons (Fsp3) is 0.875. The summed E-state index contributed by atoms with van der Waals surface area (Å²) in [6.07, 6.45) is -4.11. The summed E-state index contributed by atoms with van der Waals surface area (Å²) in [5, 5.41) is 0. The fourth-order valence-electron chi connectivity index (χ4n) is 1.58. The van der Waals surface area contributed by atoms with Gasteiger partial charge < -0.3 is 4.90 Å². The molecule has 1 amide bonds. The quantitative estimate of drug-likeness (QED) is 0.707. The van der Waals surface area contributed by atoms with Crippen molar-refractivity contribution in [2.75, 3.05) is 18.6 Å². The van der Waals surface area contributed by atoms with Crippen LogP contribution in [0.4, 0.5) is 17.6 Å². The Balaban J connectivity index is 2.78. The van der Waals surface area contributed by atoms with Gasteiger partial charge in [0.05, 0.1) is 11.5 Å². The van der Waals surface area contributed by atoms with Gasteiger partial charge >= 0.3 is 12.3 Å². The SMILES string of the molecule is CN(C(=O)C(F)(F)C(F)F)C1CCS(=O)(=O)C1. The van der Waals surface area contributed by atoms with E-state index in [0.29, 0.717) is 4.90 Å². The molecule has 0 saturated carbocycles. The van der Waals surface area contributed by atoms with E-state index in [2.05, 4.69) is 0 Å². The highest BCUT2D eigenvalue weighted by atomic mass is 32.2. The van der Waals surface area contributed by atoms with Crippen LogP contribution in [0.2, 0.25) is 0 Å². The summed E-state index contributed by atoms with van der Waals surface area (Å²) in [6, 6.07) is -0.961. The minimum atomic E-state index is -4.78. The number of nitrogens with zero attached hydrogens (tertiary/aromatic N) is 1. The Kier molecular flexibility index (Phi) is 3.70. The molecule has 0 radical (unpaired) electrons. The molecule has 0 spiro atoms. The second-order valence-electron chi connectivity index (χ2n) is 3.90. The van der Waals surface area contributed by atoms with Crippen LogP contribution in [0, 0.1) is 0 Å². The first kappa shape index (κ1) is 14.2. The van der Waals surface area contributed by atoms with Crippen LogP contribution in [0.3, 0.4) is 0 Å². The molecule has 1 unspecified atom stereocenters. The van der Waals surface area contributed by atoms with Gasteiger partial charge in [-0.2, -0.15) is 8.78 Å². The van der Waals surface area contributed by atoms with E-state index >= 15 is 0 Å². The second-order valence-corrected chi connectivity index (χ2v) is 6.13. The first-order valence-electron chi connectivity index (χ1n) is 4.71. The van der Waals surface area contributed by atoms with E-state index in [4.69, 9.17) is 0 Å². The molecule has 0 aliphatic carbocycles. The van der Waals surface area contributed by atoms with E-state index in [1.807, 2.05) is 0 Å². The summed E-state index contributed by atoms with van der Waals surface area (Å²) < 4.78 is 71.5. The van der Waals surface area contributed by atoms with E-state index in [0.717, 1.165) is 7.05 Å². The Morgan fingerprint density at radius 2 is 1.94 bits per heavy atom. The lowest BCUT2D eigenvalue weighted by molar-refractivity contribution is -0.180. The van der Waals surface area contributed by atoms with Crippen molar-refractivity contribution < 1.29 is 30.8 Å². The average Bonchev–Trinajstić information content (AvgIpc) is 2.56. The van der Waals surface area contributed by atoms with E-state index < -0.39 is 39.9 Å². The summed E-state index contributed by atoms with van der Waals surface area (Å²) in [4.78, 5) is 11.5. The Bertz CT molecular complexity index is 409. The number of hydrogen-bond donors (Lipinski definition) is 0. The van der Waals surface area contributed by atoms with Crippen molar-refractivity contribution in [1.82, 2.24) is 4.90 Å². The highest BCUT2D eigenvalue weighted by molar-refractivity contribution is 7.91. The largest absolute Gasteiger partial charge is 0.383 e. The van der Waals surface area contributed by atoms with E-state index in [1.54, 1.807) is 0 Å². The van der Waals surface area contributed by atoms with E-state index in [9.17, 15) is 30.8 Å². The molecular weight excluding hydrogens is 266 g/mol. The van der Waals surface area contributed by atoms with Crippen LogP contribution < -0.4 is 0 Å². The van der Waals surface area contributed by atoms with E-state index in [1.165, 1.54) is 0 Å². The van der Waals surface area contributed by atoms with Gasteiger partial charge in [0.25, 0.3) is 5.91 Å². The molecule has 0 N–H and O–H groups in total. The normalized spacial score (nSPS) is 24.0. The monoisotopic (exact) mass is 277 g/mol. The van der Waals surface area contributed by atoms with Crippen LogP contribution in [-0.4, -0.2) is 56.2 Å². The molecule has 1 aliphatic heterocycles. The minimum absolute atomic E-state index is 0.0100. The zero-order valence-corrected chi connectivity index (χ0v) is 9.68.